The van der Waals surface area contributed by atoms with Gasteiger partial charge >= 0.3 is 0 Å². The Balaban J connectivity index is 0.000000204. The van der Waals surface area contributed by atoms with Crippen molar-refractivity contribution in [1.29, 1.82) is 0 Å². The molecule has 0 amide bonds. The molecule has 1 radical (unpaired) electrons. The second-order valence-electron chi connectivity index (χ2n) is 11.1. The molecule has 41 heavy (non-hydrogen) atoms. The third kappa shape index (κ3) is 5.76. The summed E-state index contributed by atoms with van der Waals surface area (Å²) in [6.07, 6.45) is 3.83. The molecule has 3 nitrogen and oxygen atoms in total. The Morgan fingerprint density at radius 1 is 0.805 bits per heavy atom. The second-order valence-corrected chi connectivity index (χ2v) is 12.0. The van der Waals surface area contributed by atoms with Crippen LogP contribution in [-0.2, 0) is 25.5 Å². The number of fused-ring (bicyclic) bond motifs is 5. The van der Waals surface area contributed by atoms with E-state index in [4.69, 9.17) is 9.40 Å². The van der Waals surface area contributed by atoms with E-state index >= 15 is 0 Å². The molecule has 207 valence electrons. The Hall–Kier alpha value is -3.63. The van der Waals surface area contributed by atoms with Crippen LogP contribution in [0.5, 0.6) is 0 Å². The summed E-state index contributed by atoms with van der Waals surface area (Å²) in [6, 6.07) is 31.1. The SMILES string of the molecule is Cc1ccc(-c2[c-]cccc2)nc1.Cc1cnc(-c2[c-]ccc3c2oc2ccc4sccc4c23)cc1C(C)(C)C.[Ir]. The molecule has 4 aromatic heterocycles. The van der Waals surface area contributed by atoms with Crippen molar-refractivity contribution >= 4 is 43.4 Å². The van der Waals surface area contributed by atoms with Gasteiger partial charge in [-0.3, -0.25) is 0 Å². The van der Waals surface area contributed by atoms with Crippen molar-refractivity contribution in [3.05, 3.63) is 119 Å². The summed E-state index contributed by atoms with van der Waals surface area (Å²) in [7, 11) is 0. The smallest absolute Gasteiger partial charge is 0.121 e. The molecule has 0 fully saturated rings. The standard InChI is InChI=1S/C24H20NOS.C12H10N.Ir/c1-14-13-25-19(12-18(14)24(2,3)4)15-6-5-7-17-22-16-10-11-27-21(16)9-8-20(22)26-23(15)17;1-10-7-8-12(13-9-10)11-5-3-2-4-6-11;/h5,7-13H,1-4H3;2-5,7-9H,1H3;/q2*-1;. The minimum absolute atomic E-state index is 0. The minimum atomic E-state index is 0. The van der Waals surface area contributed by atoms with Crippen LogP contribution in [0.15, 0.2) is 95.0 Å². The molecule has 0 saturated carbocycles. The van der Waals surface area contributed by atoms with E-state index in [0.717, 1.165) is 39.1 Å². The zero-order valence-corrected chi connectivity index (χ0v) is 26.9. The van der Waals surface area contributed by atoms with Crippen molar-refractivity contribution in [3.63, 3.8) is 0 Å². The van der Waals surface area contributed by atoms with Crippen molar-refractivity contribution in [3.8, 4) is 22.5 Å². The van der Waals surface area contributed by atoms with Gasteiger partial charge in [0.05, 0.1) is 5.58 Å². The van der Waals surface area contributed by atoms with Crippen LogP contribution in [0.25, 0.3) is 54.5 Å². The number of hydrogen-bond donors (Lipinski definition) is 0. The van der Waals surface area contributed by atoms with Crippen molar-refractivity contribution < 1.29 is 24.5 Å². The normalized spacial score (nSPS) is 11.3. The minimum Gasteiger partial charge on any atom is -0.501 e. The van der Waals surface area contributed by atoms with E-state index < -0.39 is 0 Å². The van der Waals surface area contributed by atoms with Gasteiger partial charge in [0.1, 0.15) is 5.58 Å². The van der Waals surface area contributed by atoms with Gasteiger partial charge < -0.3 is 14.4 Å². The van der Waals surface area contributed by atoms with Crippen LogP contribution in [0.2, 0.25) is 0 Å². The van der Waals surface area contributed by atoms with Gasteiger partial charge in [0.2, 0.25) is 0 Å². The number of aromatic nitrogens is 2. The molecule has 0 spiro atoms. The fourth-order valence-electron chi connectivity index (χ4n) is 5.12. The number of pyridine rings is 2. The Labute approximate surface area is 258 Å². The van der Waals surface area contributed by atoms with E-state index in [1.54, 1.807) is 11.3 Å². The maximum Gasteiger partial charge on any atom is 0.121 e. The Bertz CT molecular complexity index is 1950. The first-order chi connectivity index (χ1) is 19.3. The average Bonchev–Trinajstić information content (AvgIpc) is 3.58. The number of aryl methyl sites for hydroxylation is 2. The van der Waals surface area contributed by atoms with Crippen LogP contribution in [0.4, 0.5) is 0 Å². The summed E-state index contributed by atoms with van der Waals surface area (Å²) in [6.45, 7) is 10.9. The van der Waals surface area contributed by atoms with Gasteiger partial charge in [-0.15, -0.1) is 65.4 Å². The molecule has 0 atom stereocenters. The molecule has 0 aliphatic rings. The molecule has 3 aromatic carbocycles. The number of rotatable bonds is 2. The van der Waals surface area contributed by atoms with Gasteiger partial charge in [-0.2, -0.15) is 0 Å². The fraction of sp³-hybridized carbons (Fsp3) is 0.167. The molecular weight excluding hydrogens is 701 g/mol. The van der Waals surface area contributed by atoms with Crippen LogP contribution in [0.3, 0.4) is 0 Å². The monoisotopic (exact) mass is 731 g/mol. The predicted molar refractivity (Wildman–Crippen MR) is 168 cm³/mol. The van der Waals surface area contributed by atoms with Crippen molar-refractivity contribution in [2.75, 3.05) is 0 Å². The number of furan rings is 1. The van der Waals surface area contributed by atoms with Gasteiger partial charge in [0, 0.05) is 48.0 Å². The predicted octanol–water partition coefficient (Wildman–Crippen LogP) is 10.1. The van der Waals surface area contributed by atoms with Crippen LogP contribution >= 0.6 is 11.3 Å². The molecule has 0 saturated heterocycles. The second kappa shape index (κ2) is 11.7. The van der Waals surface area contributed by atoms with Gasteiger partial charge in [-0.1, -0.05) is 49.9 Å². The average molecular weight is 731 g/mol. The fourth-order valence-corrected chi connectivity index (χ4v) is 5.92. The Morgan fingerprint density at radius 3 is 2.37 bits per heavy atom. The van der Waals surface area contributed by atoms with Crippen LogP contribution < -0.4 is 0 Å². The van der Waals surface area contributed by atoms with Gasteiger partial charge in [0.15, 0.2) is 0 Å². The van der Waals surface area contributed by atoms with E-state index in [2.05, 4.69) is 86.6 Å². The molecular formula is C36H30IrN2OS-2. The number of hydrogen-bond acceptors (Lipinski definition) is 4. The third-order valence-corrected chi connectivity index (χ3v) is 7.97. The maximum absolute atomic E-state index is 6.30. The Kier molecular flexibility index (Phi) is 8.24. The Morgan fingerprint density at radius 2 is 1.63 bits per heavy atom. The maximum atomic E-state index is 6.30. The molecule has 0 aliphatic carbocycles. The molecule has 0 unspecified atom stereocenters. The van der Waals surface area contributed by atoms with Gasteiger partial charge in [-0.25, -0.2) is 0 Å². The zero-order valence-electron chi connectivity index (χ0n) is 23.7. The van der Waals surface area contributed by atoms with E-state index in [9.17, 15) is 0 Å². The molecule has 0 bridgehead atoms. The molecule has 7 rings (SSSR count). The van der Waals surface area contributed by atoms with E-state index in [1.165, 1.54) is 32.2 Å². The summed E-state index contributed by atoms with van der Waals surface area (Å²) in [5, 5.41) is 5.70. The van der Waals surface area contributed by atoms with E-state index in [0.29, 0.717) is 0 Å². The van der Waals surface area contributed by atoms with Gasteiger partial charge in [0.25, 0.3) is 0 Å². The first kappa shape index (κ1) is 28.9. The van der Waals surface area contributed by atoms with Crippen LogP contribution in [-0.4, -0.2) is 9.97 Å². The van der Waals surface area contributed by atoms with Gasteiger partial charge in [-0.05, 0) is 70.9 Å². The molecule has 4 heterocycles. The van der Waals surface area contributed by atoms with Crippen molar-refractivity contribution in [2.45, 2.75) is 40.0 Å². The summed E-state index contributed by atoms with van der Waals surface area (Å²) in [4.78, 5) is 9.02. The van der Waals surface area contributed by atoms with Crippen molar-refractivity contribution in [2.24, 2.45) is 0 Å². The zero-order chi connectivity index (χ0) is 27.9. The quantitative estimate of drug-likeness (QED) is 0.166. The summed E-state index contributed by atoms with van der Waals surface area (Å²) in [5.74, 6) is 0. The van der Waals surface area contributed by atoms with E-state index in [1.807, 2.05) is 55.7 Å². The first-order valence-corrected chi connectivity index (χ1v) is 14.3. The largest absolute Gasteiger partial charge is 0.501 e. The molecule has 7 aromatic rings. The third-order valence-electron chi connectivity index (χ3n) is 7.09. The summed E-state index contributed by atoms with van der Waals surface area (Å²) < 4.78 is 7.59. The number of benzene rings is 3. The summed E-state index contributed by atoms with van der Waals surface area (Å²) >= 11 is 1.76. The molecule has 0 aliphatic heterocycles. The molecule has 5 heteroatoms. The van der Waals surface area contributed by atoms with Crippen molar-refractivity contribution in [1.82, 2.24) is 9.97 Å². The van der Waals surface area contributed by atoms with Crippen LogP contribution in [0, 0.1) is 26.0 Å². The van der Waals surface area contributed by atoms with E-state index in [-0.39, 0.29) is 25.5 Å². The van der Waals surface area contributed by atoms with Crippen LogP contribution in [0.1, 0.15) is 37.5 Å². The number of nitrogens with zero attached hydrogens (tertiary/aromatic N) is 2. The number of thiophene rings is 1. The topological polar surface area (TPSA) is 38.9 Å². The summed E-state index contributed by atoms with van der Waals surface area (Å²) in [5.41, 5.74) is 9.40. The first-order valence-electron chi connectivity index (χ1n) is 13.4. The molecule has 0 N–H and O–H groups in total.